The summed E-state index contributed by atoms with van der Waals surface area (Å²) in [5, 5.41) is 1.20. The van der Waals surface area contributed by atoms with E-state index >= 15 is 0 Å². The highest BCUT2D eigenvalue weighted by molar-refractivity contribution is 7.89. The van der Waals surface area contributed by atoms with Crippen LogP contribution < -0.4 is 0 Å². The van der Waals surface area contributed by atoms with Crippen LogP contribution in [-0.2, 0) is 14.8 Å². The van der Waals surface area contributed by atoms with Crippen LogP contribution in [0.4, 0.5) is 0 Å². The molecule has 6 nitrogen and oxygen atoms in total. The van der Waals surface area contributed by atoms with Crippen LogP contribution in [0.25, 0.3) is 10.9 Å². The summed E-state index contributed by atoms with van der Waals surface area (Å²) in [5.41, 5.74) is 2.59. The number of sulfonamides is 1. The molecule has 1 aliphatic heterocycles. The second kappa shape index (κ2) is 7.41. The lowest BCUT2D eigenvalue weighted by Crippen LogP contribution is -2.37. The van der Waals surface area contributed by atoms with Gasteiger partial charge in [0.15, 0.2) is 0 Å². The number of methoxy groups -OCH3 is 1. The van der Waals surface area contributed by atoms with Crippen molar-refractivity contribution in [3.63, 3.8) is 0 Å². The van der Waals surface area contributed by atoms with Crippen LogP contribution in [0.15, 0.2) is 59.6 Å². The van der Waals surface area contributed by atoms with Crippen molar-refractivity contribution in [2.45, 2.75) is 23.7 Å². The van der Waals surface area contributed by atoms with Crippen LogP contribution in [0.3, 0.4) is 0 Å². The van der Waals surface area contributed by atoms with Gasteiger partial charge in [0.2, 0.25) is 10.0 Å². The minimum absolute atomic E-state index is 0.126. The number of aromatic nitrogens is 1. The van der Waals surface area contributed by atoms with E-state index in [1.807, 2.05) is 24.4 Å². The lowest BCUT2D eigenvalue weighted by molar-refractivity contribution is 0.0600. The third-order valence-corrected chi connectivity index (χ3v) is 7.30. The number of H-pyrrole nitrogens is 1. The Balaban J connectivity index is 1.52. The predicted molar refractivity (Wildman–Crippen MR) is 107 cm³/mol. The number of benzene rings is 2. The summed E-state index contributed by atoms with van der Waals surface area (Å²) < 4.78 is 32.2. The summed E-state index contributed by atoms with van der Waals surface area (Å²) in [4.78, 5) is 15.1. The minimum atomic E-state index is -3.64. The molecule has 0 spiro atoms. The number of hydrogen-bond acceptors (Lipinski definition) is 4. The van der Waals surface area contributed by atoms with Crippen LogP contribution >= 0.6 is 0 Å². The molecule has 0 saturated carbocycles. The Bertz CT molecular complexity index is 1110. The van der Waals surface area contributed by atoms with E-state index in [4.69, 9.17) is 0 Å². The van der Waals surface area contributed by atoms with Gasteiger partial charge in [-0.25, -0.2) is 13.2 Å². The van der Waals surface area contributed by atoms with Gasteiger partial charge in [-0.05, 0) is 48.6 Å². The van der Waals surface area contributed by atoms with E-state index in [1.165, 1.54) is 34.5 Å². The van der Waals surface area contributed by atoms with Gasteiger partial charge in [-0.1, -0.05) is 24.3 Å². The number of nitrogens with one attached hydrogen (secondary N) is 1. The van der Waals surface area contributed by atoms with Crippen LogP contribution in [0, 0.1) is 0 Å². The van der Waals surface area contributed by atoms with E-state index in [1.54, 1.807) is 12.1 Å². The molecule has 0 bridgehead atoms. The van der Waals surface area contributed by atoms with Gasteiger partial charge < -0.3 is 9.72 Å². The highest BCUT2D eigenvalue weighted by Gasteiger charge is 2.31. The number of ether oxygens (including phenoxy) is 1. The Kier molecular flexibility index (Phi) is 4.95. The van der Waals surface area contributed by atoms with E-state index in [0.29, 0.717) is 19.0 Å². The van der Waals surface area contributed by atoms with Crippen LogP contribution in [0.2, 0.25) is 0 Å². The van der Waals surface area contributed by atoms with E-state index in [0.717, 1.165) is 18.4 Å². The molecule has 1 aromatic heterocycles. The molecule has 7 heteroatoms. The third-order valence-electron chi connectivity index (χ3n) is 5.41. The van der Waals surface area contributed by atoms with Crippen molar-refractivity contribution in [3.05, 3.63) is 65.9 Å². The fourth-order valence-corrected chi connectivity index (χ4v) is 5.41. The number of hydrogen-bond donors (Lipinski definition) is 1. The molecule has 1 fully saturated rings. The molecule has 1 N–H and O–H groups in total. The number of carbonyl (C=O) groups excluding carboxylic acids is 1. The number of para-hydroxylation sites is 1. The van der Waals surface area contributed by atoms with Crippen LogP contribution in [-0.4, -0.2) is 43.9 Å². The summed E-state index contributed by atoms with van der Waals surface area (Å²) in [7, 11) is -2.37. The number of esters is 1. The molecule has 0 atom stereocenters. The summed E-state index contributed by atoms with van der Waals surface area (Å²) in [5.74, 6) is -0.223. The number of rotatable bonds is 4. The molecule has 0 unspecified atom stereocenters. The zero-order valence-electron chi connectivity index (χ0n) is 15.6. The van der Waals surface area contributed by atoms with E-state index in [-0.39, 0.29) is 10.5 Å². The van der Waals surface area contributed by atoms with Gasteiger partial charge in [-0.15, -0.1) is 0 Å². The molecule has 2 heterocycles. The molecule has 2 aromatic carbocycles. The molecule has 0 aliphatic carbocycles. The standard InChI is InChI=1S/C21H22N2O4S/c1-27-21(24)16-5-4-6-17(13-16)28(25,26)23-11-9-15(10-12-23)19-14-22-20-8-3-2-7-18(19)20/h2-8,13-15,22H,9-12H2,1H3. The summed E-state index contributed by atoms with van der Waals surface area (Å²) >= 11 is 0. The second-order valence-corrected chi connectivity index (χ2v) is 8.93. The Hall–Kier alpha value is -2.64. The van der Waals surface area contributed by atoms with Gasteiger partial charge in [0.05, 0.1) is 17.6 Å². The first-order chi connectivity index (χ1) is 13.5. The first kappa shape index (κ1) is 18.7. The number of fused-ring (bicyclic) bond motifs is 1. The maximum absolute atomic E-state index is 13.0. The zero-order chi connectivity index (χ0) is 19.7. The SMILES string of the molecule is COC(=O)c1cccc(S(=O)(=O)N2CCC(c3c[nH]c4ccccc34)CC2)c1. The number of piperidine rings is 1. The van der Waals surface area contributed by atoms with Gasteiger partial charge in [0, 0.05) is 30.2 Å². The van der Waals surface area contributed by atoms with E-state index in [2.05, 4.69) is 15.8 Å². The quantitative estimate of drug-likeness (QED) is 0.682. The van der Waals surface area contributed by atoms with Gasteiger partial charge >= 0.3 is 5.97 Å². The average Bonchev–Trinajstić information content (AvgIpc) is 3.17. The molecule has 3 aromatic rings. The second-order valence-electron chi connectivity index (χ2n) is 6.99. The smallest absolute Gasteiger partial charge is 0.337 e. The fourth-order valence-electron chi connectivity index (χ4n) is 3.89. The van der Waals surface area contributed by atoms with Crippen molar-refractivity contribution in [3.8, 4) is 0 Å². The van der Waals surface area contributed by atoms with Gasteiger partial charge in [0.25, 0.3) is 0 Å². The average molecular weight is 398 g/mol. The number of carbonyl (C=O) groups is 1. The van der Waals surface area contributed by atoms with Gasteiger partial charge in [-0.2, -0.15) is 4.31 Å². The largest absolute Gasteiger partial charge is 0.465 e. The Morgan fingerprint density at radius 1 is 1.11 bits per heavy atom. The molecule has 0 radical (unpaired) electrons. The van der Waals surface area contributed by atoms with Crippen molar-refractivity contribution in [2.24, 2.45) is 0 Å². The molecular formula is C21H22N2O4S. The normalized spacial score (nSPS) is 16.3. The maximum atomic E-state index is 13.0. The Morgan fingerprint density at radius 3 is 2.61 bits per heavy atom. The zero-order valence-corrected chi connectivity index (χ0v) is 16.4. The van der Waals surface area contributed by atoms with Crippen molar-refractivity contribution in [1.29, 1.82) is 0 Å². The van der Waals surface area contributed by atoms with Crippen molar-refractivity contribution >= 4 is 26.9 Å². The summed E-state index contributed by atoms with van der Waals surface area (Å²) in [6.07, 6.45) is 3.56. The Labute approximate surface area is 164 Å². The highest BCUT2D eigenvalue weighted by atomic mass is 32.2. The van der Waals surface area contributed by atoms with Crippen molar-refractivity contribution in [1.82, 2.24) is 9.29 Å². The van der Waals surface area contributed by atoms with Crippen LogP contribution in [0.1, 0.15) is 34.7 Å². The molecule has 4 rings (SSSR count). The Morgan fingerprint density at radius 2 is 1.86 bits per heavy atom. The molecule has 28 heavy (non-hydrogen) atoms. The number of nitrogens with zero attached hydrogens (tertiary/aromatic N) is 1. The molecule has 1 saturated heterocycles. The third kappa shape index (κ3) is 3.31. The lowest BCUT2D eigenvalue weighted by atomic mass is 9.90. The highest BCUT2D eigenvalue weighted by Crippen LogP contribution is 2.34. The molecule has 0 amide bonds. The maximum Gasteiger partial charge on any atom is 0.337 e. The predicted octanol–water partition coefficient (Wildman–Crippen LogP) is 3.52. The van der Waals surface area contributed by atoms with Gasteiger partial charge in [-0.3, -0.25) is 0 Å². The topological polar surface area (TPSA) is 79.5 Å². The van der Waals surface area contributed by atoms with Gasteiger partial charge in [0.1, 0.15) is 0 Å². The van der Waals surface area contributed by atoms with E-state index < -0.39 is 16.0 Å². The summed E-state index contributed by atoms with van der Waals surface area (Å²) in [6, 6.07) is 14.2. The fraction of sp³-hybridized carbons (Fsp3) is 0.286. The van der Waals surface area contributed by atoms with Crippen molar-refractivity contribution < 1.29 is 17.9 Å². The number of aromatic amines is 1. The monoisotopic (exact) mass is 398 g/mol. The molecular weight excluding hydrogens is 376 g/mol. The lowest BCUT2D eigenvalue weighted by Gasteiger charge is -2.31. The summed E-state index contributed by atoms with van der Waals surface area (Å²) in [6.45, 7) is 0.907. The minimum Gasteiger partial charge on any atom is -0.465 e. The van der Waals surface area contributed by atoms with E-state index in [9.17, 15) is 13.2 Å². The molecule has 1 aliphatic rings. The van der Waals surface area contributed by atoms with Crippen molar-refractivity contribution in [2.75, 3.05) is 20.2 Å². The van der Waals surface area contributed by atoms with Crippen LogP contribution in [0.5, 0.6) is 0 Å². The first-order valence-electron chi connectivity index (χ1n) is 9.25. The first-order valence-corrected chi connectivity index (χ1v) is 10.7. The molecule has 146 valence electrons.